The van der Waals surface area contributed by atoms with Crippen molar-refractivity contribution in [2.75, 3.05) is 34.5 Å². The first-order chi connectivity index (χ1) is 20.6. The number of phenolic OH excluding ortho intramolecular Hbond substituents is 2. The summed E-state index contributed by atoms with van der Waals surface area (Å²) in [6.45, 7) is 0.136. The normalized spacial score (nSPS) is 15.8. The van der Waals surface area contributed by atoms with E-state index in [4.69, 9.17) is 18.9 Å². The molecule has 1 saturated heterocycles. The van der Waals surface area contributed by atoms with Gasteiger partial charge in [0.05, 0.1) is 33.8 Å². The molecule has 1 fully saturated rings. The molecule has 230 valence electrons. The van der Waals surface area contributed by atoms with Crippen LogP contribution in [0, 0.1) is 11.3 Å². The summed E-state index contributed by atoms with van der Waals surface area (Å²) < 4.78 is 21.4. The summed E-state index contributed by atoms with van der Waals surface area (Å²) >= 11 is 0. The van der Waals surface area contributed by atoms with E-state index in [-0.39, 0.29) is 31.7 Å². The zero-order valence-electron chi connectivity index (χ0n) is 24.1. The number of rotatable bonds is 13. The molecule has 1 heterocycles. The summed E-state index contributed by atoms with van der Waals surface area (Å²) in [6, 6.07) is 6.86. The lowest BCUT2D eigenvalue weighted by Gasteiger charge is -2.27. The third-order valence-electron chi connectivity index (χ3n) is 6.84. The van der Waals surface area contributed by atoms with Gasteiger partial charge in [-0.3, -0.25) is 9.59 Å². The fourth-order valence-electron chi connectivity index (χ4n) is 4.63. The first-order valence-electron chi connectivity index (χ1n) is 13.4. The molecule has 0 aliphatic carbocycles. The lowest BCUT2D eigenvalue weighted by Crippen LogP contribution is -2.53. The fourth-order valence-corrected chi connectivity index (χ4v) is 4.63. The van der Waals surface area contributed by atoms with Crippen LogP contribution in [0.5, 0.6) is 28.7 Å². The molecule has 2 amide bonds. The van der Waals surface area contributed by atoms with E-state index in [1.807, 2.05) is 6.07 Å². The number of phenols is 2. The quantitative estimate of drug-likeness (QED) is 0.194. The Morgan fingerprint density at radius 3 is 2.42 bits per heavy atom. The number of nitriles is 1. The average Bonchev–Trinajstić information content (AvgIpc) is 3.50. The Morgan fingerprint density at radius 1 is 1.07 bits per heavy atom. The summed E-state index contributed by atoms with van der Waals surface area (Å²) in [5.74, 6) is -1.45. The molecule has 0 saturated carbocycles. The molecule has 0 bridgehead atoms. The average molecular weight is 598 g/mol. The Bertz CT molecular complexity index is 1390. The first kappa shape index (κ1) is 32.6. The van der Waals surface area contributed by atoms with E-state index in [0.29, 0.717) is 41.2 Å². The lowest BCUT2D eigenvalue weighted by molar-refractivity contribution is -0.153. The number of carbonyl (C=O) groups excluding carboxylic acids is 3. The molecule has 0 aromatic heterocycles. The highest BCUT2D eigenvalue weighted by Crippen LogP contribution is 2.35. The van der Waals surface area contributed by atoms with Crippen LogP contribution in [0.3, 0.4) is 0 Å². The Labute approximate surface area is 248 Å². The molecule has 2 aromatic carbocycles. The number of aromatic hydroxyl groups is 2. The minimum Gasteiger partial charge on any atom is -0.504 e. The van der Waals surface area contributed by atoms with Crippen molar-refractivity contribution in [3.8, 4) is 34.8 Å². The van der Waals surface area contributed by atoms with Gasteiger partial charge in [-0.25, -0.2) is 4.79 Å². The molecule has 43 heavy (non-hydrogen) atoms. The third kappa shape index (κ3) is 8.30. The number of hydrogen-bond donors (Lipinski definition) is 4. The number of amides is 2. The van der Waals surface area contributed by atoms with Crippen LogP contribution >= 0.6 is 0 Å². The van der Waals surface area contributed by atoms with Crippen LogP contribution in [-0.4, -0.2) is 90.7 Å². The van der Waals surface area contributed by atoms with Gasteiger partial charge in [-0.05, 0) is 42.7 Å². The highest BCUT2D eigenvalue weighted by Gasteiger charge is 2.39. The van der Waals surface area contributed by atoms with E-state index < -0.39 is 41.7 Å². The number of carbonyl (C=O) groups is 3. The summed E-state index contributed by atoms with van der Waals surface area (Å²) in [5.41, 5.74) is 1.02. The van der Waals surface area contributed by atoms with Crippen LogP contribution in [0.4, 0.5) is 0 Å². The number of nitrogens with zero attached hydrogens (tertiary/aromatic N) is 2. The van der Waals surface area contributed by atoms with E-state index in [2.05, 4.69) is 5.32 Å². The molecule has 3 unspecified atom stereocenters. The molecule has 3 atom stereocenters. The van der Waals surface area contributed by atoms with Gasteiger partial charge in [0.2, 0.25) is 11.8 Å². The van der Waals surface area contributed by atoms with E-state index >= 15 is 0 Å². The lowest BCUT2D eigenvalue weighted by atomic mass is 10.1. The predicted octanol–water partition coefficient (Wildman–Crippen LogP) is 1.67. The molecule has 3 rings (SSSR count). The standard InChI is InChI=1S/C30H35N3O10/c1-40-25-17-27(42-3)26(41-2)16-19(25)6-5-13-43-30(39)21-7-4-12-33(21)29(38)20(10-11-31)32-28(37)24(36)15-18-8-9-22(34)23(35)14-18/h5-6,8-9,14,16-17,20-21,24,34-36H,4,7,10,12-13,15H2,1-3H3,(H,32,37)/b6-5+. The highest BCUT2D eigenvalue weighted by atomic mass is 16.5. The molecular weight excluding hydrogens is 562 g/mol. The SMILES string of the molecule is COc1cc(OC)c(OC)cc1/C=C/COC(=O)C1CCCN1C(=O)C(CC#N)NC(=O)C(O)Cc1ccc(O)c(O)c1. The van der Waals surface area contributed by atoms with Crippen LogP contribution in [0.15, 0.2) is 36.4 Å². The van der Waals surface area contributed by atoms with Crippen molar-refractivity contribution in [3.05, 3.63) is 47.5 Å². The van der Waals surface area contributed by atoms with Crippen LogP contribution < -0.4 is 19.5 Å². The Hall–Kier alpha value is -4.96. The second-order valence-corrected chi connectivity index (χ2v) is 9.64. The summed E-state index contributed by atoms with van der Waals surface area (Å²) in [5, 5.41) is 41.1. The van der Waals surface area contributed by atoms with Gasteiger partial charge in [0.1, 0.15) is 30.5 Å². The molecular formula is C30H35N3O10. The number of aliphatic hydroxyl groups is 1. The van der Waals surface area contributed by atoms with Crippen molar-refractivity contribution in [1.29, 1.82) is 5.26 Å². The zero-order valence-corrected chi connectivity index (χ0v) is 24.1. The number of benzene rings is 2. The van der Waals surface area contributed by atoms with Gasteiger partial charge in [-0.15, -0.1) is 0 Å². The van der Waals surface area contributed by atoms with Gasteiger partial charge in [0.25, 0.3) is 0 Å². The molecule has 0 spiro atoms. The Morgan fingerprint density at radius 2 is 1.77 bits per heavy atom. The van der Waals surface area contributed by atoms with Crippen LogP contribution in [-0.2, 0) is 25.5 Å². The number of likely N-dealkylation sites (tertiary alicyclic amines) is 1. The topological polar surface area (TPSA) is 188 Å². The van der Waals surface area contributed by atoms with Crippen molar-refractivity contribution in [3.63, 3.8) is 0 Å². The van der Waals surface area contributed by atoms with E-state index in [1.54, 1.807) is 24.3 Å². The summed E-state index contributed by atoms with van der Waals surface area (Å²) in [7, 11) is 4.53. The molecule has 2 aromatic rings. The maximum absolute atomic E-state index is 13.3. The van der Waals surface area contributed by atoms with Crippen LogP contribution in [0.1, 0.15) is 30.4 Å². The second kappa shape index (κ2) is 15.3. The van der Waals surface area contributed by atoms with Gasteiger partial charge in [-0.1, -0.05) is 12.1 Å². The predicted molar refractivity (Wildman–Crippen MR) is 152 cm³/mol. The van der Waals surface area contributed by atoms with Crippen molar-refractivity contribution < 1.29 is 48.7 Å². The minimum atomic E-state index is -1.60. The van der Waals surface area contributed by atoms with Gasteiger partial charge >= 0.3 is 5.97 Å². The number of nitrogens with one attached hydrogen (secondary N) is 1. The highest BCUT2D eigenvalue weighted by molar-refractivity contribution is 5.92. The first-order valence-corrected chi connectivity index (χ1v) is 13.4. The molecule has 4 N–H and O–H groups in total. The number of esters is 1. The maximum Gasteiger partial charge on any atom is 0.329 e. The number of ether oxygens (including phenoxy) is 4. The summed E-state index contributed by atoms with van der Waals surface area (Å²) in [6.07, 6.45) is 1.96. The van der Waals surface area contributed by atoms with E-state index in [0.717, 1.165) is 0 Å². The zero-order chi connectivity index (χ0) is 31.5. The number of aliphatic hydroxyl groups excluding tert-OH is 1. The van der Waals surface area contributed by atoms with E-state index in [1.165, 1.54) is 44.4 Å². The van der Waals surface area contributed by atoms with Crippen molar-refractivity contribution >= 4 is 23.9 Å². The van der Waals surface area contributed by atoms with Crippen molar-refractivity contribution in [1.82, 2.24) is 10.2 Å². The van der Waals surface area contributed by atoms with Crippen LogP contribution in [0.2, 0.25) is 0 Å². The fraction of sp³-hybridized carbons (Fsp3) is 0.400. The Balaban J connectivity index is 1.61. The molecule has 13 heteroatoms. The largest absolute Gasteiger partial charge is 0.504 e. The summed E-state index contributed by atoms with van der Waals surface area (Å²) in [4.78, 5) is 40.1. The van der Waals surface area contributed by atoms with Gasteiger partial charge in [-0.2, -0.15) is 5.26 Å². The van der Waals surface area contributed by atoms with Crippen molar-refractivity contribution in [2.45, 2.75) is 43.9 Å². The monoisotopic (exact) mass is 597 g/mol. The minimum absolute atomic E-state index is 0.0910. The molecule has 13 nitrogen and oxygen atoms in total. The smallest absolute Gasteiger partial charge is 0.329 e. The number of hydrogen-bond acceptors (Lipinski definition) is 11. The number of methoxy groups -OCH3 is 3. The molecule has 1 aliphatic heterocycles. The Kier molecular flexibility index (Phi) is 11.6. The van der Waals surface area contributed by atoms with E-state index in [9.17, 15) is 35.0 Å². The second-order valence-electron chi connectivity index (χ2n) is 9.64. The third-order valence-corrected chi connectivity index (χ3v) is 6.84. The maximum atomic E-state index is 13.3. The molecule has 0 radical (unpaired) electrons. The van der Waals surface area contributed by atoms with Gasteiger partial charge in [0.15, 0.2) is 23.0 Å². The molecule has 1 aliphatic rings. The van der Waals surface area contributed by atoms with Gasteiger partial charge < -0.3 is 44.5 Å². The van der Waals surface area contributed by atoms with Crippen molar-refractivity contribution in [2.24, 2.45) is 0 Å². The van der Waals surface area contributed by atoms with Crippen LogP contribution in [0.25, 0.3) is 6.08 Å². The van der Waals surface area contributed by atoms with Gasteiger partial charge in [0, 0.05) is 24.6 Å².